The minimum absolute atomic E-state index is 0.0391. The maximum absolute atomic E-state index is 11.9. The van der Waals surface area contributed by atoms with Gasteiger partial charge >= 0.3 is 0 Å². The van der Waals surface area contributed by atoms with Gasteiger partial charge in [-0.2, -0.15) is 0 Å². The van der Waals surface area contributed by atoms with E-state index in [1.807, 2.05) is 66.9 Å². The molecule has 0 bridgehead atoms. The molecule has 0 spiro atoms. The molecule has 31 heavy (non-hydrogen) atoms. The summed E-state index contributed by atoms with van der Waals surface area (Å²) in [6.45, 7) is 3.14. The van der Waals surface area contributed by atoms with Gasteiger partial charge in [0.05, 0.1) is 29.4 Å². The lowest BCUT2D eigenvalue weighted by Crippen LogP contribution is -2.48. The SMILES string of the molecule is CS(=O)(=O)Nc1ccccc1N1CCN(Cc2ccccn2)CC1c1ccc(Cl)cc1. The molecule has 2 aromatic carbocycles. The van der Waals surface area contributed by atoms with Crippen LogP contribution in [0.2, 0.25) is 5.02 Å². The van der Waals surface area contributed by atoms with E-state index in [1.165, 1.54) is 6.26 Å². The van der Waals surface area contributed by atoms with Crippen LogP contribution < -0.4 is 9.62 Å². The zero-order chi connectivity index (χ0) is 21.8. The normalized spacial score (nSPS) is 17.5. The molecule has 1 saturated heterocycles. The van der Waals surface area contributed by atoms with Gasteiger partial charge in [-0.1, -0.05) is 41.9 Å². The molecule has 8 heteroatoms. The van der Waals surface area contributed by atoms with E-state index in [9.17, 15) is 8.42 Å². The van der Waals surface area contributed by atoms with Crippen LogP contribution in [0, 0.1) is 0 Å². The first-order valence-corrected chi connectivity index (χ1v) is 12.4. The summed E-state index contributed by atoms with van der Waals surface area (Å²) in [7, 11) is -3.39. The third-order valence-electron chi connectivity index (χ3n) is 5.34. The van der Waals surface area contributed by atoms with Gasteiger partial charge < -0.3 is 4.90 Å². The standard InChI is InChI=1S/C23H25ClN4O2S/c1-31(29,30)26-21-7-2-3-8-22(21)28-15-14-27(16-20-6-4-5-13-25-20)17-23(28)18-9-11-19(24)12-10-18/h2-13,23,26H,14-17H2,1H3. The van der Waals surface area contributed by atoms with Gasteiger partial charge in [-0.05, 0) is 42.0 Å². The lowest BCUT2D eigenvalue weighted by atomic mass is 10.0. The van der Waals surface area contributed by atoms with Crippen molar-refractivity contribution >= 4 is 33.0 Å². The van der Waals surface area contributed by atoms with E-state index in [4.69, 9.17) is 11.6 Å². The molecule has 0 aliphatic carbocycles. The van der Waals surface area contributed by atoms with Gasteiger partial charge in [-0.15, -0.1) is 0 Å². The van der Waals surface area contributed by atoms with Gasteiger partial charge in [0.1, 0.15) is 0 Å². The molecule has 1 N–H and O–H groups in total. The van der Waals surface area contributed by atoms with Crippen LogP contribution >= 0.6 is 11.6 Å². The zero-order valence-electron chi connectivity index (χ0n) is 17.3. The Morgan fingerprint density at radius 2 is 1.77 bits per heavy atom. The molecule has 0 amide bonds. The van der Waals surface area contributed by atoms with Gasteiger partial charge in [0.25, 0.3) is 0 Å². The Morgan fingerprint density at radius 3 is 2.48 bits per heavy atom. The number of piperazine rings is 1. The molecule has 1 aliphatic rings. The summed E-state index contributed by atoms with van der Waals surface area (Å²) in [5.74, 6) is 0. The second kappa shape index (κ2) is 9.26. The number of hydrogen-bond donors (Lipinski definition) is 1. The Morgan fingerprint density at radius 1 is 1.03 bits per heavy atom. The summed E-state index contributed by atoms with van der Waals surface area (Å²) in [4.78, 5) is 9.11. The molecule has 1 atom stereocenters. The fourth-order valence-electron chi connectivity index (χ4n) is 3.97. The Hall–Kier alpha value is -2.61. The molecule has 0 radical (unpaired) electrons. The second-order valence-electron chi connectivity index (χ2n) is 7.71. The number of sulfonamides is 1. The van der Waals surface area contributed by atoms with Crippen molar-refractivity contribution in [3.63, 3.8) is 0 Å². The first-order valence-electron chi connectivity index (χ1n) is 10.1. The van der Waals surface area contributed by atoms with E-state index in [-0.39, 0.29) is 6.04 Å². The molecule has 0 saturated carbocycles. The summed E-state index contributed by atoms with van der Waals surface area (Å²) in [6, 6.07) is 21.4. The summed E-state index contributed by atoms with van der Waals surface area (Å²) in [6.07, 6.45) is 2.99. The van der Waals surface area contributed by atoms with Crippen molar-refractivity contribution in [2.75, 3.05) is 35.5 Å². The number of pyridine rings is 1. The summed E-state index contributed by atoms with van der Waals surface area (Å²) in [5, 5.41) is 0.690. The van der Waals surface area contributed by atoms with Crippen LogP contribution in [-0.4, -0.2) is 44.2 Å². The van der Waals surface area contributed by atoms with Crippen LogP contribution in [0.15, 0.2) is 72.9 Å². The minimum atomic E-state index is -3.39. The van der Waals surface area contributed by atoms with E-state index in [0.29, 0.717) is 10.7 Å². The maximum Gasteiger partial charge on any atom is 0.229 e. The lowest BCUT2D eigenvalue weighted by molar-refractivity contribution is 0.213. The highest BCUT2D eigenvalue weighted by Gasteiger charge is 2.30. The van der Waals surface area contributed by atoms with Gasteiger partial charge in [0.2, 0.25) is 10.0 Å². The van der Waals surface area contributed by atoms with Crippen LogP contribution in [0.4, 0.5) is 11.4 Å². The molecule has 1 fully saturated rings. The number of para-hydroxylation sites is 2. The van der Waals surface area contributed by atoms with Crippen molar-refractivity contribution in [1.29, 1.82) is 0 Å². The molecule has 2 heterocycles. The van der Waals surface area contributed by atoms with E-state index < -0.39 is 10.0 Å². The van der Waals surface area contributed by atoms with Crippen molar-refractivity contribution in [3.05, 3.63) is 89.2 Å². The molecule has 3 aromatic rings. The van der Waals surface area contributed by atoms with Crippen molar-refractivity contribution < 1.29 is 8.42 Å². The van der Waals surface area contributed by atoms with E-state index >= 15 is 0 Å². The largest absolute Gasteiger partial charge is 0.360 e. The Labute approximate surface area is 188 Å². The third-order valence-corrected chi connectivity index (χ3v) is 6.18. The van der Waals surface area contributed by atoms with Crippen LogP contribution in [0.3, 0.4) is 0 Å². The number of benzene rings is 2. The van der Waals surface area contributed by atoms with E-state index in [1.54, 1.807) is 6.07 Å². The number of aromatic nitrogens is 1. The number of anilines is 2. The fourth-order valence-corrected chi connectivity index (χ4v) is 4.67. The van der Waals surface area contributed by atoms with Gasteiger partial charge in [0, 0.05) is 37.4 Å². The minimum Gasteiger partial charge on any atom is -0.360 e. The Balaban J connectivity index is 1.66. The van der Waals surface area contributed by atoms with Gasteiger partial charge in [-0.3, -0.25) is 14.6 Å². The number of halogens is 1. The lowest BCUT2D eigenvalue weighted by Gasteiger charge is -2.43. The molecule has 1 aliphatic heterocycles. The van der Waals surface area contributed by atoms with E-state index in [2.05, 4.69) is 19.5 Å². The highest BCUT2D eigenvalue weighted by atomic mass is 35.5. The van der Waals surface area contributed by atoms with Crippen LogP contribution in [0.5, 0.6) is 0 Å². The summed E-state index contributed by atoms with van der Waals surface area (Å²) < 4.78 is 26.5. The molecule has 1 aromatic heterocycles. The van der Waals surface area contributed by atoms with Crippen LogP contribution in [0.1, 0.15) is 17.3 Å². The summed E-state index contributed by atoms with van der Waals surface area (Å²) in [5.41, 5.74) is 3.61. The first-order chi connectivity index (χ1) is 14.9. The van der Waals surface area contributed by atoms with E-state index in [0.717, 1.165) is 43.1 Å². The van der Waals surface area contributed by atoms with Crippen molar-refractivity contribution in [2.24, 2.45) is 0 Å². The smallest absolute Gasteiger partial charge is 0.229 e. The number of nitrogens with zero attached hydrogens (tertiary/aromatic N) is 3. The number of nitrogens with one attached hydrogen (secondary N) is 1. The van der Waals surface area contributed by atoms with Crippen LogP contribution in [-0.2, 0) is 16.6 Å². The maximum atomic E-state index is 11.9. The predicted molar refractivity (Wildman–Crippen MR) is 126 cm³/mol. The third kappa shape index (κ3) is 5.55. The van der Waals surface area contributed by atoms with Crippen LogP contribution in [0.25, 0.3) is 0 Å². The average Bonchev–Trinajstić information content (AvgIpc) is 2.74. The summed E-state index contributed by atoms with van der Waals surface area (Å²) >= 11 is 6.13. The molecule has 6 nitrogen and oxygen atoms in total. The fraction of sp³-hybridized carbons (Fsp3) is 0.261. The first kappa shape index (κ1) is 21.6. The number of rotatable bonds is 6. The van der Waals surface area contributed by atoms with Crippen molar-refractivity contribution in [1.82, 2.24) is 9.88 Å². The van der Waals surface area contributed by atoms with Gasteiger partial charge in [0.15, 0.2) is 0 Å². The molecular formula is C23H25ClN4O2S. The average molecular weight is 457 g/mol. The topological polar surface area (TPSA) is 65.5 Å². The monoisotopic (exact) mass is 456 g/mol. The second-order valence-corrected chi connectivity index (χ2v) is 9.89. The predicted octanol–water partition coefficient (Wildman–Crippen LogP) is 4.17. The number of hydrogen-bond acceptors (Lipinski definition) is 5. The van der Waals surface area contributed by atoms with Gasteiger partial charge in [-0.25, -0.2) is 8.42 Å². The Kier molecular flexibility index (Phi) is 6.46. The van der Waals surface area contributed by atoms with Crippen molar-refractivity contribution in [3.8, 4) is 0 Å². The quantitative estimate of drug-likeness (QED) is 0.603. The zero-order valence-corrected chi connectivity index (χ0v) is 18.9. The Bertz CT molecular complexity index is 1120. The highest BCUT2D eigenvalue weighted by molar-refractivity contribution is 7.92. The molecular weight excluding hydrogens is 432 g/mol. The van der Waals surface area contributed by atoms with Crippen molar-refractivity contribution in [2.45, 2.75) is 12.6 Å². The molecule has 1 unspecified atom stereocenters. The highest BCUT2D eigenvalue weighted by Crippen LogP contribution is 2.36. The molecule has 162 valence electrons. The molecule has 4 rings (SSSR count).